The molecular weight excluding hydrogens is 284 g/mol. The fourth-order valence-electron chi connectivity index (χ4n) is 2.42. The molecule has 0 aliphatic carbocycles. The van der Waals surface area contributed by atoms with Crippen LogP contribution in [0.1, 0.15) is 19.4 Å². The fraction of sp³-hybridized carbons (Fsp3) is 0.250. The van der Waals surface area contributed by atoms with Crippen molar-refractivity contribution in [1.29, 1.82) is 0 Å². The molecule has 0 aliphatic rings. The Labute approximate surface area is 127 Å². The van der Waals surface area contributed by atoms with Gasteiger partial charge in [0.15, 0.2) is 0 Å². The zero-order valence-electron chi connectivity index (χ0n) is 12.5. The van der Waals surface area contributed by atoms with E-state index in [1.807, 2.05) is 0 Å². The lowest BCUT2D eigenvalue weighted by molar-refractivity contribution is -0.149. The molecule has 6 nitrogen and oxygen atoms in total. The Bertz CT molecular complexity index is 759. The summed E-state index contributed by atoms with van der Waals surface area (Å²) < 4.78 is 6.43. The first kappa shape index (κ1) is 15.6. The zero-order chi connectivity index (χ0) is 16.5. The molecule has 6 heteroatoms. The highest BCUT2D eigenvalue weighted by Gasteiger charge is 2.25. The quantitative estimate of drug-likeness (QED) is 0.514. The molecule has 0 radical (unpaired) electrons. The smallest absolute Gasteiger partial charge is 0.416 e. The largest absolute Gasteiger partial charge is 0.464 e. The summed E-state index contributed by atoms with van der Waals surface area (Å²) in [6.45, 7) is 6.88. The number of nitrogen functional groups attached to an aromatic ring is 1. The Hall–Kier alpha value is -2.76. The van der Waals surface area contributed by atoms with Gasteiger partial charge in [0, 0.05) is 29.8 Å². The van der Waals surface area contributed by atoms with Crippen LogP contribution in [-0.4, -0.2) is 27.3 Å². The molecule has 3 N–H and O–H groups in total. The molecule has 1 aromatic carbocycles. The number of hydrogen-bond donors (Lipinski definition) is 2. The lowest BCUT2D eigenvalue weighted by atomic mass is 9.97. The third-order valence-corrected chi connectivity index (χ3v) is 3.28. The lowest BCUT2D eigenvalue weighted by Crippen LogP contribution is -2.29. The van der Waals surface area contributed by atoms with Crippen LogP contribution in [0.25, 0.3) is 10.9 Å². The Balaban J connectivity index is 2.46. The van der Waals surface area contributed by atoms with Gasteiger partial charge in [0.05, 0.1) is 5.52 Å². The third-order valence-electron chi connectivity index (χ3n) is 3.28. The van der Waals surface area contributed by atoms with Crippen LogP contribution in [-0.2, 0) is 16.0 Å². The van der Waals surface area contributed by atoms with Crippen LogP contribution in [0, 0.1) is 0 Å². The minimum atomic E-state index is -1.08. The highest BCUT2D eigenvalue weighted by atomic mass is 16.6. The average Bonchev–Trinajstić information content (AvgIpc) is 2.76. The topological polar surface area (TPSA) is 94.5 Å². The van der Waals surface area contributed by atoms with E-state index in [9.17, 15) is 14.7 Å². The van der Waals surface area contributed by atoms with Crippen molar-refractivity contribution in [3.63, 3.8) is 0 Å². The number of aromatic nitrogens is 1. The number of carbonyl (C=O) groups excluding carboxylic acids is 1. The number of esters is 1. The number of hydrogen-bond acceptors (Lipinski definition) is 4. The number of nitrogens with zero attached hydrogens (tertiary/aromatic N) is 1. The van der Waals surface area contributed by atoms with Crippen LogP contribution in [0.15, 0.2) is 37.1 Å². The van der Waals surface area contributed by atoms with Gasteiger partial charge in [-0.05, 0) is 37.6 Å². The summed E-state index contributed by atoms with van der Waals surface area (Å²) in [5.41, 5.74) is 6.82. The van der Waals surface area contributed by atoms with Crippen molar-refractivity contribution in [2.45, 2.75) is 25.9 Å². The van der Waals surface area contributed by atoms with Crippen molar-refractivity contribution in [3.05, 3.63) is 42.6 Å². The number of rotatable bonds is 4. The SMILES string of the molecule is C=CC(=O)OC(C)(C)Cc1cn(C(=O)O)c2ccc(N)cc12. The fourth-order valence-corrected chi connectivity index (χ4v) is 2.42. The molecule has 0 saturated heterocycles. The van der Waals surface area contributed by atoms with Crippen molar-refractivity contribution in [3.8, 4) is 0 Å². The van der Waals surface area contributed by atoms with Gasteiger partial charge in [-0.2, -0.15) is 0 Å². The van der Waals surface area contributed by atoms with Gasteiger partial charge in [0.1, 0.15) is 5.60 Å². The predicted molar refractivity (Wildman–Crippen MR) is 83.8 cm³/mol. The third kappa shape index (κ3) is 3.11. The van der Waals surface area contributed by atoms with Gasteiger partial charge in [-0.3, -0.25) is 4.57 Å². The molecule has 0 atom stereocenters. The first-order chi connectivity index (χ1) is 10.2. The maximum Gasteiger partial charge on any atom is 0.416 e. The van der Waals surface area contributed by atoms with E-state index in [0.717, 1.165) is 21.6 Å². The van der Waals surface area contributed by atoms with Crippen molar-refractivity contribution in [2.75, 3.05) is 5.73 Å². The van der Waals surface area contributed by atoms with Crippen LogP contribution in [0.2, 0.25) is 0 Å². The second-order valence-electron chi connectivity index (χ2n) is 5.65. The van der Waals surface area contributed by atoms with E-state index in [0.29, 0.717) is 17.6 Å². The van der Waals surface area contributed by atoms with Crippen LogP contribution >= 0.6 is 0 Å². The van der Waals surface area contributed by atoms with Gasteiger partial charge < -0.3 is 15.6 Å². The van der Waals surface area contributed by atoms with Gasteiger partial charge in [-0.15, -0.1) is 0 Å². The Kier molecular flexibility index (Phi) is 3.95. The molecule has 0 fully saturated rings. The van der Waals surface area contributed by atoms with Gasteiger partial charge in [0.2, 0.25) is 0 Å². The zero-order valence-corrected chi connectivity index (χ0v) is 12.5. The number of fused-ring (bicyclic) bond motifs is 1. The highest BCUT2D eigenvalue weighted by Crippen LogP contribution is 2.28. The van der Waals surface area contributed by atoms with Crippen molar-refractivity contribution < 1.29 is 19.4 Å². The second-order valence-corrected chi connectivity index (χ2v) is 5.65. The first-order valence-electron chi connectivity index (χ1n) is 6.71. The van der Waals surface area contributed by atoms with Crippen molar-refractivity contribution in [2.24, 2.45) is 0 Å². The second kappa shape index (κ2) is 5.55. The highest BCUT2D eigenvalue weighted by molar-refractivity contribution is 5.93. The summed E-state index contributed by atoms with van der Waals surface area (Å²) in [4.78, 5) is 22.7. The van der Waals surface area contributed by atoms with E-state index in [4.69, 9.17) is 10.5 Å². The minimum Gasteiger partial charge on any atom is -0.464 e. The van der Waals surface area contributed by atoms with E-state index in [2.05, 4.69) is 6.58 Å². The molecule has 0 aliphatic heterocycles. The Morgan fingerprint density at radius 1 is 1.45 bits per heavy atom. The summed E-state index contributed by atoms with van der Waals surface area (Å²) in [5.74, 6) is -0.522. The molecule has 2 rings (SSSR count). The number of ether oxygens (including phenoxy) is 1. The van der Waals surface area contributed by atoms with E-state index in [1.165, 1.54) is 6.20 Å². The number of benzene rings is 1. The average molecular weight is 302 g/mol. The molecule has 22 heavy (non-hydrogen) atoms. The predicted octanol–water partition coefficient (Wildman–Crippen LogP) is 2.80. The van der Waals surface area contributed by atoms with E-state index < -0.39 is 17.7 Å². The summed E-state index contributed by atoms with van der Waals surface area (Å²) in [7, 11) is 0. The van der Waals surface area contributed by atoms with Crippen LogP contribution in [0.3, 0.4) is 0 Å². The molecular formula is C16H18N2O4. The van der Waals surface area contributed by atoms with Gasteiger partial charge in [-0.25, -0.2) is 9.59 Å². The van der Waals surface area contributed by atoms with Crippen molar-refractivity contribution >= 4 is 28.7 Å². The van der Waals surface area contributed by atoms with Crippen LogP contribution < -0.4 is 5.73 Å². The molecule has 0 amide bonds. The van der Waals surface area contributed by atoms with Crippen LogP contribution in [0.4, 0.5) is 10.5 Å². The van der Waals surface area contributed by atoms with Gasteiger partial charge in [0.25, 0.3) is 0 Å². The summed E-state index contributed by atoms with van der Waals surface area (Å²) in [5, 5.41) is 10.0. The molecule has 116 valence electrons. The normalized spacial score (nSPS) is 11.4. The number of carboxylic acid groups (broad SMARTS) is 1. The summed E-state index contributed by atoms with van der Waals surface area (Å²) in [6, 6.07) is 5.02. The lowest BCUT2D eigenvalue weighted by Gasteiger charge is -2.24. The molecule has 2 aromatic rings. The Morgan fingerprint density at radius 3 is 2.73 bits per heavy atom. The molecule has 0 spiro atoms. The van der Waals surface area contributed by atoms with E-state index >= 15 is 0 Å². The monoisotopic (exact) mass is 302 g/mol. The number of carbonyl (C=O) groups is 2. The van der Waals surface area contributed by atoms with E-state index in [-0.39, 0.29) is 0 Å². The maximum absolute atomic E-state index is 11.4. The number of anilines is 1. The standard InChI is InChI=1S/C16H18N2O4/c1-4-14(19)22-16(2,3)8-10-9-18(15(20)21)13-6-5-11(17)7-12(10)13/h4-7,9H,1,8,17H2,2-3H3,(H,20,21). The maximum atomic E-state index is 11.4. The van der Waals surface area contributed by atoms with E-state index in [1.54, 1.807) is 32.0 Å². The Morgan fingerprint density at radius 2 is 2.14 bits per heavy atom. The van der Waals surface area contributed by atoms with Gasteiger partial charge in [-0.1, -0.05) is 6.58 Å². The molecule has 0 unspecified atom stereocenters. The molecule has 1 aromatic heterocycles. The molecule has 1 heterocycles. The summed E-state index contributed by atoms with van der Waals surface area (Å²) in [6.07, 6.45) is 1.89. The molecule has 0 saturated carbocycles. The van der Waals surface area contributed by atoms with Gasteiger partial charge >= 0.3 is 12.1 Å². The summed E-state index contributed by atoms with van der Waals surface area (Å²) >= 11 is 0. The van der Waals surface area contributed by atoms with Crippen LogP contribution in [0.5, 0.6) is 0 Å². The number of nitrogens with two attached hydrogens (primary N) is 1. The molecule has 0 bridgehead atoms. The first-order valence-corrected chi connectivity index (χ1v) is 6.71. The van der Waals surface area contributed by atoms with Crippen molar-refractivity contribution in [1.82, 2.24) is 4.57 Å². The minimum absolute atomic E-state index is 0.354.